The van der Waals surface area contributed by atoms with E-state index in [1.807, 2.05) is 35.7 Å². The highest BCUT2D eigenvalue weighted by atomic mass is 32.1. The molecule has 1 amide bonds. The first-order valence-corrected chi connectivity index (χ1v) is 9.68. The van der Waals surface area contributed by atoms with Gasteiger partial charge in [0.2, 0.25) is 0 Å². The molecule has 1 aromatic carbocycles. The van der Waals surface area contributed by atoms with Gasteiger partial charge in [-0.05, 0) is 30.1 Å². The molecule has 0 aliphatic carbocycles. The summed E-state index contributed by atoms with van der Waals surface area (Å²) < 4.78 is 5.30. The Labute approximate surface area is 157 Å². The molecule has 0 saturated heterocycles. The molecule has 0 aliphatic heterocycles. The Balaban J connectivity index is 1.69. The highest BCUT2D eigenvalue weighted by Crippen LogP contribution is 2.25. The summed E-state index contributed by atoms with van der Waals surface area (Å²) in [5, 5.41) is 8.88. The van der Waals surface area contributed by atoms with Crippen molar-refractivity contribution in [2.75, 3.05) is 19.6 Å². The van der Waals surface area contributed by atoms with E-state index in [9.17, 15) is 4.79 Å². The summed E-state index contributed by atoms with van der Waals surface area (Å²) >= 11 is 1.55. The van der Waals surface area contributed by atoms with Crippen molar-refractivity contribution in [2.24, 2.45) is 0 Å². The van der Waals surface area contributed by atoms with Gasteiger partial charge in [0.1, 0.15) is 0 Å². The number of amides is 1. The number of rotatable bonds is 8. The van der Waals surface area contributed by atoms with Crippen molar-refractivity contribution in [3.05, 3.63) is 65.2 Å². The second-order valence-electron chi connectivity index (χ2n) is 5.91. The molecule has 0 unspecified atom stereocenters. The van der Waals surface area contributed by atoms with Crippen LogP contribution in [0.3, 0.4) is 0 Å². The molecule has 1 atom stereocenters. The van der Waals surface area contributed by atoms with Crippen molar-refractivity contribution in [2.45, 2.75) is 19.9 Å². The van der Waals surface area contributed by atoms with Crippen LogP contribution in [0.15, 0.2) is 58.4 Å². The summed E-state index contributed by atoms with van der Waals surface area (Å²) in [6.07, 6.45) is 0. The fourth-order valence-corrected chi connectivity index (χ4v) is 3.67. The lowest BCUT2D eigenvalue weighted by atomic mass is 10.1. The summed E-state index contributed by atoms with van der Waals surface area (Å²) in [6, 6.07) is 15.9. The van der Waals surface area contributed by atoms with E-state index in [2.05, 4.69) is 41.4 Å². The third kappa shape index (κ3) is 4.20. The first-order valence-electron chi connectivity index (χ1n) is 8.80. The molecule has 0 fully saturated rings. The first-order chi connectivity index (χ1) is 12.7. The predicted octanol–water partition coefficient (Wildman–Crippen LogP) is 4.22. The highest BCUT2D eigenvalue weighted by molar-refractivity contribution is 7.13. The minimum Gasteiger partial charge on any atom is -0.355 e. The summed E-state index contributed by atoms with van der Waals surface area (Å²) in [6.45, 7) is 6.61. The van der Waals surface area contributed by atoms with E-state index in [1.165, 1.54) is 5.56 Å². The van der Waals surface area contributed by atoms with E-state index in [0.717, 1.165) is 18.0 Å². The van der Waals surface area contributed by atoms with Crippen LogP contribution in [0.2, 0.25) is 0 Å². The number of thiophene rings is 1. The van der Waals surface area contributed by atoms with Crippen LogP contribution in [0, 0.1) is 0 Å². The van der Waals surface area contributed by atoms with Crippen molar-refractivity contribution < 1.29 is 9.32 Å². The quantitative estimate of drug-likeness (QED) is 0.646. The Morgan fingerprint density at radius 2 is 1.96 bits per heavy atom. The zero-order valence-electron chi connectivity index (χ0n) is 15.0. The van der Waals surface area contributed by atoms with E-state index in [4.69, 9.17) is 4.52 Å². The van der Waals surface area contributed by atoms with Gasteiger partial charge in [-0.2, -0.15) is 0 Å². The second-order valence-corrected chi connectivity index (χ2v) is 6.86. The predicted molar refractivity (Wildman–Crippen MR) is 104 cm³/mol. The fraction of sp³-hybridized carbons (Fsp3) is 0.300. The number of nitrogens with one attached hydrogen (secondary N) is 1. The summed E-state index contributed by atoms with van der Waals surface area (Å²) in [7, 11) is 0. The molecule has 0 spiro atoms. The van der Waals surface area contributed by atoms with Gasteiger partial charge < -0.3 is 9.84 Å². The molecular formula is C20H23N3O2S. The van der Waals surface area contributed by atoms with E-state index in [1.54, 1.807) is 17.4 Å². The maximum Gasteiger partial charge on any atom is 0.273 e. The van der Waals surface area contributed by atoms with Gasteiger partial charge in [-0.15, -0.1) is 11.3 Å². The Bertz CT molecular complexity index is 811. The molecule has 3 rings (SSSR count). The monoisotopic (exact) mass is 369 g/mol. The van der Waals surface area contributed by atoms with Crippen LogP contribution in [-0.4, -0.2) is 35.6 Å². The molecule has 2 heterocycles. The van der Waals surface area contributed by atoms with Crippen molar-refractivity contribution in [1.82, 2.24) is 15.4 Å². The van der Waals surface area contributed by atoms with Crippen LogP contribution in [0.5, 0.6) is 0 Å². The SMILES string of the molecule is CCN(CC)[C@H](CNC(=O)c1cc(-c2cccs2)on1)c1ccccc1. The molecule has 2 aromatic heterocycles. The van der Waals surface area contributed by atoms with E-state index in [0.29, 0.717) is 18.0 Å². The smallest absolute Gasteiger partial charge is 0.273 e. The summed E-state index contributed by atoms with van der Waals surface area (Å²) in [5.74, 6) is 0.401. The highest BCUT2D eigenvalue weighted by Gasteiger charge is 2.20. The van der Waals surface area contributed by atoms with Gasteiger partial charge in [-0.3, -0.25) is 9.69 Å². The minimum atomic E-state index is -0.218. The maximum atomic E-state index is 12.5. The number of likely N-dealkylation sites (N-methyl/N-ethyl adjacent to an activating group) is 1. The van der Waals surface area contributed by atoms with Gasteiger partial charge in [-0.1, -0.05) is 55.4 Å². The number of nitrogens with zero attached hydrogens (tertiary/aromatic N) is 2. The number of hydrogen-bond donors (Lipinski definition) is 1. The zero-order valence-corrected chi connectivity index (χ0v) is 15.8. The van der Waals surface area contributed by atoms with Gasteiger partial charge in [0.25, 0.3) is 5.91 Å². The number of benzene rings is 1. The van der Waals surface area contributed by atoms with Crippen LogP contribution in [0.1, 0.15) is 35.9 Å². The molecule has 0 saturated carbocycles. The number of carbonyl (C=O) groups is 1. The zero-order chi connectivity index (χ0) is 18.4. The van der Waals surface area contributed by atoms with Gasteiger partial charge in [-0.25, -0.2) is 0 Å². The molecule has 3 aromatic rings. The Hall–Kier alpha value is -2.44. The Kier molecular flexibility index (Phi) is 6.20. The first kappa shape index (κ1) is 18.4. The normalized spacial score (nSPS) is 12.3. The lowest BCUT2D eigenvalue weighted by Crippen LogP contribution is -2.38. The number of hydrogen-bond acceptors (Lipinski definition) is 5. The maximum absolute atomic E-state index is 12.5. The third-order valence-electron chi connectivity index (χ3n) is 4.40. The van der Waals surface area contributed by atoms with Gasteiger partial charge in [0.05, 0.1) is 10.9 Å². The summed E-state index contributed by atoms with van der Waals surface area (Å²) in [5.41, 5.74) is 1.50. The van der Waals surface area contributed by atoms with Crippen LogP contribution >= 0.6 is 11.3 Å². The third-order valence-corrected chi connectivity index (χ3v) is 5.28. The van der Waals surface area contributed by atoms with Gasteiger partial charge in [0, 0.05) is 12.6 Å². The van der Waals surface area contributed by atoms with Crippen molar-refractivity contribution in [3.8, 4) is 10.6 Å². The Morgan fingerprint density at radius 1 is 1.19 bits per heavy atom. The number of aromatic nitrogens is 1. The van der Waals surface area contributed by atoms with Crippen LogP contribution < -0.4 is 5.32 Å². The fourth-order valence-electron chi connectivity index (χ4n) is 2.99. The molecule has 1 N–H and O–H groups in total. The van der Waals surface area contributed by atoms with Crippen LogP contribution in [0.4, 0.5) is 0 Å². The van der Waals surface area contributed by atoms with E-state index >= 15 is 0 Å². The van der Waals surface area contributed by atoms with Crippen molar-refractivity contribution >= 4 is 17.2 Å². The average Bonchev–Trinajstić information content (AvgIpc) is 3.37. The molecule has 0 radical (unpaired) electrons. The molecule has 5 nitrogen and oxygen atoms in total. The molecule has 0 aliphatic rings. The van der Waals surface area contributed by atoms with Gasteiger partial charge >= 0.3 is 0 Å². The average molecular weight is 369 g/mol. The minimum absolute atomic E-state index is 0.124. The van der Waals surface area contributed by atoms with Crippen molar-refractivity contribution in [3.63, 3.8) is 0 Å². The largest absolute Gasteiger partial charge is 0.355 e. The Morgan fingerprint density at radius 3 is 2.62 bits per heavy atom. The van der Waals surface area contributed by atoms with Crippen LogP contribution in [0.25, 0.3) is 10.6 Å². The molecule has 136 valence electrons. The second kappa shape index (κ2) is 8.78. The molecule has 0 bridgehead atoms. The number of carbonyl (C=O) groups excluding carboxylic acids is 1. The standard InChI is InChI=1S/C20H23N3O2S/c1-3-23(4-2)17(15-9-6-5-7-10-15)14-21-20(24)16-13-18(25-22-16)19-11-8-12-26-19/h5-13,17H,3-4,14H2,1-2H3,(H,21,24)/t17-/m1/s1. The lowest BCUT2D eigenvalue weighted by Gasteiger charge is -2.30. The molecule has 6 heteroatoms. The topological polar surface area (TPSA) is 58.4 Å². The molecule has 26 heavy (non-hydrogen) atoms. The van der Waals surface area contributed by atoms with E-state index in [-0.39, 0.29) is 11.9 Å². The van der Waals surface area contributed by atoms with E-state index < -0.39 is 0 Å². The lowest BCUT2D eigenvalue weighted by molar-refractivity contribution is 0.0926. The van der Waals surface area contributed by atoms with Crippen molar-refractivity contribution in [1.29, 1.82) is 0 Å². The molecular weight excluding hydrogens is 346 g/mol. The summed E-state index contributed by atoms with van der Waals surface area (Å²) in [4.78, 5) is 15.8. The van der Waals surface area contributed by atoms with Gasteiger partial charge in [0.15, 0.2) is 11.5 Å². The van der Waals surface area contributed by atoms with Crippen LogP contribution in [-0.2, 0) is 0 Å².